The largest absolute Gasteiger partial charge is 0.385 e. The highest BCUT2D eigenvalue weighted by molar-refractivity contribution is 5.94. The van der Waals surface area contributed by atoms with Gasteiger partial charge in [0, 0.05) is 31.5 Å². The molecule has 0 fully saturated rings. The number of nitrogens with one attached hydrogen (secondary N) is 2. The first-order chi connectivity index (χ1) is 9.71. The van der Waals surface area contributed by atoms with Crippen molar-refractivity contribution in [1.29, 1.82) is 0 Å². The summed E-state index contributed by atoms with van der Waals surface area (Å²) in [4.78, 5) is 16.4. The molecule has 0 aliphatic heterocycles. The molecule has 0 saturated heterocycles. The Labute approximate surface area is 120 Å². The molecule has 0 spiro atoms. The van der Waals surface area contributed by atoms with Crippen molar-refractivity contribution in [2.45, 2.75) is 32.6 Å². The third-order valence-electron chi connectivity index (χ3n) is 2.86. The van der Waals surface area contributed by atoms with Crippen LogP contribution in [-0.4, -0.2) is 31.2 Å². The number of carbonyl (C=O) groups is 1. The summed E-state index contributed by atoms with van der Waals surface area (Å²) in [6.07, 6.45) is 3.63. The molecule has 1 rings (SSSR count). The zero-order valence-corrected chi connectivity index (χ0v) is 12.2. The second-order valence-corrected chi connectivity index (χ2v) is 4.58. The maximum absolute atomic E-state index is 12.1. The van der Waals surface area contributed by atoms with E-state index in [1.165, 1.54) is 0 Å². The van der Waals surface area contributed by atoms with Gasteiger partial charge in [0.1, 0.15) is 5.82 Å². The van der Waals surface area contributed by atoms with Gasteiger partial charge in [-0.25, -0.2) is 10.8 Å². The Morgan fingerprint density at radius 1 is 1.40 bits per heavy atom. The number of hydrazine groups is 1. The lowest BCUT2D eigenvalue weighted by molar-refractivity contribution is 0.0951. The predicted octanol–water partition coefficient (Wildman–Crippen LogP) is 1.48. The average molecular weight is 280 g/mol. The number of amides is 1. The summed E-state index contributed by atoms with van der Waals surface area (Å²) in [6, 6.07) is 3.47. The van der Waals surface area contributed by atoms with Crippen LogP contribution in [0.5, 0.6) is 0 Å². The fourth-order valence-electron chi connectivity index (χ4n) is 1.85. The predicted molar refractivity (Wildman–Crippen MR) is 79.5 cm³/mol. The summed E-state index contributed by atoms with van der Waals surface area (Å²) in [7, 11) is 1.67. The summed E-state index contributed by atoms with van der Waals surface area (Å²) < 4.78 is 4.96. The number of hydrogen-bond donors (Lipinski definition) is 3. The van der Waals surface area contributed by atoms with E-state index in [4.69, 9.17) is 10.6 Å². The van der Waals surface area contributed by atoms with Gasteiger partial charge in [-0.1, -0.05) is 13.3 Å². The maximum atomic E-state index is 12.1. The number of aryl methyl sites for hydroxylation is 1. The fraction of sp³-hybridized carbons (Fsp3) is 0.571. The molecule has 1 aromatic rings. The average Bonchev–Trinajstić information content (AvgIpc) is 2.46. The summed E-state index contributed by atoms with van der Waals surface area (Å²) in [5.41, 5.74) is 3.95. The summed E-state index contributed by atoms with van der Waals surface area (Å²) in [6.45, 7) is 3.42. The van der Waals surface area contributed by atoms with Crippen molar-refractivity contribution < 1.29 is 9.53 Å². The lowest BCUT2D eigenvalue weighted by Crippen LogP contribution is -2.25. The van der Waals surface area contributed by atoms with Crippen LogP contribution in [0.1, 0.15) is 42.2 Å². The third-order valence-corrected chi connectivity index (χ3v) is 2.86. The molecule has 0 aliphatic carbocycles. The van der Waals surface area contributed by atoms with Crippen molar-refractivity contribution in [2.24, 2.45) is 5.84 Å². The first-order valence-corrected chi connectivity index (χ1v) is 6.96. The summed E-state index contributed by atoms with van der Waals surface area (Å²) in [5.74, 6) is 5.80. The second kappa shape index (κ2) is 9.28. The van der Waals surface area contributed by atoms with E-state index >= 15 is 0 Å². The molecule has 112 valence electrons. The molecule has 20 heavy (non-hydrogen) atoms. The maximum Gasteiger partial charge on any atom is 0.251 e. The van der Waals surface area contributed by atoms with Gasteiger partial charge in [-0.2, -0.15) is 0 Å². The van der Waals surface area contributed by atoms with Crippen molar-refractivity contribution in [3.05, 3.63) is 23.4 Å². The number of carbonyl (C=O) groups excluding carboxylic acids is 1. The molecular formula is C14H24N4O2. The van der Waals surface area contributed by atoms with Crippen LogP contribution in [0, 0.1) is 0 Å². The van der Waals surface area contributed by atoms with Crippen LogP contribution in [0.2, 0.25) is 0 Å². The van der Waals surface area contributed by atoms with Gasteiger partial charge in [-0.3, -0.25) is 4.79 Å². The highest BCUT2D eigenvalue weighted by Gasteiger charge is 2.09. The van der Waals surface area contributed by atoms with Crippen LogP contribution in [0.3, 0.4) is 0 Å². The van der Waals surface area contributed by atoms with Crippen molar-refractivity contribution >= 4 is 11.7 Å². The molecule has 0 radical (unpaired) electrons. The van der Waals surface area contributed by atoms with E-state index in [1.54, 1.807) is 13.2 Å². The van der Waals surface area contributed by atoms with Crippen molar-refractivity contribution in [2.75, 3.05) is 25.7 Å². The lowest BCUT2D eigenvalue weighted by atomic mass is 10.1. The van der Waals surface area contributed by atoms with E-state index in [-0.39, 0.29) is 5.91 Å². The summed E-state index contributed by atoms with van der Waals surface area (Å²) >= 11 is 0. The van der Waals surface area contributed by atoms with E-state index in [0.29, 0.717) is 24.5 Å². The number of unbranched alkanes of at least 4 members (excludes halogenated alkanes) is 1. The van der Waals surface area contributed by atoms with Gasteiger partial charge in [0.05, 0.1) is 0 Å². The van der Waals surface area contributed by atoms with Gasteiger partial charge in [0.2, 0.25) is 0 Å². The number of pyridine rings is 1. The number of rotatable bonds is 9. The van der Waals surface area contributed by atoms with Gasteiger partial charge < -0.3 is 15.5 Å². The smallest absolute Gasteiger partial charge is 0.251 e. The van der Waals surface area contributed by atoms with Gasteiger partial charge in [-0.15, -0.1) is 0 Å². The molecule has 1 heterocycles. The molecule has 0 unspecified atom stereocenters. The van der Waals surface area contributed by atoms with Gasteiger partial charge in [0.25, 0.3) is 5.91 Å². The first kappa shape index (κ1) is 16.4. The minimum Gasteiger partial charge on any atom is -0.385 e. The van der Waals surface area contributed by atoms with E-state index in [1.807, 2.05) is 6.07 Å². The number of nitrogens with two attached hydrogens (primary N) is 1. The Balaban J connectivity index is 2.59. The van der Waals surface area contributed by atoms with E-state index in [2.05, 4.69) is 22.7 Å². The zero-order chi connectivity index (χ0) is 14.8. The van der Waals surface area contributed by atoms with Crippen molar-refractivity contribution in [1.82, 2.24) is 10.3 Å². The number of nitrogens with zero attached hydrogens (tertiary/aromatic N) is 1. The topological polar surface area (TPSA) is 89.3 Å². The molecule has 0 aromatic carbocycles. The molecule has 0 bridgehead atoms. The number of methoxy groups -OCH3 is 1. The van der Waals surface area contributed by atoms with Crippen molar-refractivity contribution in [3.8, 4) is 0 Å². The Hall–Kier alpha value is -1.66. The highest BCUT2D eigenvalue weighted by atomic mass is 16.5. The Bertz CT molecular complexity index is 424. The molecule has 6 nitrogen and oxygen atoms in total. The number of hydrogen-bond acceptors (Lipinski definition) is 5. The first-order valence-electron chi connectivity index (χ1n) is 6.96. The van der Waals surface area contributed by atoms with Crippen LogP contribution in [0.4, 0.5) is 5.82 Å². The Morgan fingerprint density at radius 2 is 2.20 bits per heavy atom. The quantitative estimate of drug-likeness (QED) is 0.362. The Morgan fingerprint density at radius 3 is 2.85 bits per heavy atom. The molecule has 0 aliphatic rings. The van der Waals surface area contributed by atoms with E-state index in [9.17, 15) is 4.79 Å². The zero-order valence-electron chi connectivity index (χ0n) is 12.2. The highest BCUT2D eigenvalue weighted by Crippen LogP contribution is 2.11. The SMILES string of the molecule is CCCc1cc(C(=O)NCCCCOC)cc(NN)n1. The number of anilines is 1. The third kappa shape index (κ3) is 5.54. The molecule has 4 N–H and O–H groups in total. The normalized spacial score (nSPS) is 10.3. The van der Waals surface area contributed by atoms with Crippen molar-refractivity contribution in [3.63, 3.8) is 0 Å². The Kier molecular flexibility index (Phi) is 7.60. The van der Waals surface area contributed by atoms with E-state index in [0.717, 1.165) is 31.4 Å². The fourth-order valence-corrected chi connectivity index (χ4v) is 1.85. The number of ether oxygens (including phenoxy) is 1. The van der Waals surface area contributed by atoms with E-state index < -0.39 is 0 Å². The van der Waals surface area contributed by atoms with Gasteiger partial charge >= 0.3 is 0 Å². The van der Waals surface area contributed by atoms with Crippen LogP contribution in [-0.2, 0) is 11.2 Å². The molecule has 0 saturated carbocycles. The molecule has 0 atom stereocenters. The second-order valence-electron chi connectivity index (χ2n) is 4.58. The monoisotopic (exact) mass is 280 g/mol. The van der Waals surface area contributed by atoms with Crippen LogP contribution in [0.15, 0.2) is 12.1 Å². The standard InChI is InChI=1S/C14H24N4O2/c1-3-6-12-9-11(10-13(17-12)18-15)14(19)16-7-4-5-8-20-2/h9-10H,3-8,15H2,1-2H3,(H,16,19)(H,17,18). The van der Waals surface area contributed by atoms with Gasteiger partial charge in [0.15, 0.2) is 0 Å². The molecule has 1 amide bonds. The van der Waals surface area contributed by atoms with Crippen LogP contribution in [0.25, 0.3) is 0 Å². The molecule has 6 heteroatoms. The minimum atomic E-state index is -0.0985. The lowest BCUT2D eigenvalue weighted by Gasteiger charge is -2.09. The minimum absolute atomic E-state index is 0.0985. The summed E-state index contributed by atoms with van der Waals surface area (Å²) in [5, 5.41) is 2.89. The number of nitrogen functional groups attached to an aromatic ring is 1. The van der Waals surface area contributed by atoms with Crippen LogP contribution < -0.4 is 16.6 Å². The molecule has 1 aromatic heterocycles. The van der Waals surface area contributed by atoms with Gasteiger partial charge in [-0.05, 0) is 31.4 Å². The van der Waals surface area contributed by atoms with Crippen LogP contribution >= 0.6 is 0 Å². The number of aromatic nitrogens is 1. The molecular weight excluding hydrogens is 256 g/mol.